The Balaban J connectivity index is 2.45. The van der Waals surface area contributed by atoms with Crippen LogP contribution in [0.2, 0.25) is 0 Å². The van der Waals surface area contributed by atoms with E-state index >= 15 is 0 Å². The summed E-state index contributed by atoms with van der Waals surface area (Å²) in [6.45, 7) is 0. The zero-order chi connectivity index (χ0) is 7.71. The van der Waals surface area contributed by atoms with Crippen LogP contribution in [0, 0.1) is 0 Å². The van der Waals surface area contributed by atoms with Gasteiger partial charge < -0.3 is 0 Å². The van der Waals surface area contributed by atoms with E-state index < -0.39 is 0 Å². The van der Waals surface area contributed by atoms with E-state index in [9.17, 15) is 0 Å². The third kappa shape index (κ3) is 0.374. The summed E-state index contributed by atoms with van der Waals surface area (Å²) in [6, 6.07) is 8.82. The molecule has 1 heteroatoms. The van der Waals surface area contributed by atoms with Gasteiger partial charge in [0.15, 0.2) is 0 Å². The van der Waals surface area contributed by atoms with Crippen LogP contribution in [0.25, 0.3) is 10.9 Å². The molecule has 0 radical (unpaired) electrons. The molecule has 1 aliphatic heterocycles. The molecule has 12 heavy (non-hydrogen) atoms. The van der Waals surface area contributed by atoms with Crippen molar-refractivity contribution >= 4 is 10.9 Å². The number of rotatable bonds is 0. The zero-order valence-corrected chi connectivity index (χ0v) is 6.54. The third-order valence-corrected chi connectivity index (χ3v) is 3.13. The van der Waals surface area contributed by atoms with Crippen molar-refractivity contribution in [3.8, 4) is 0 Å². The van der Waals surface area contributed by atoms with Crippen LogP contribution < -0.4 is 0 Å². The van der Waals surface area contributed by atoms with E-state index in [1.807, 2.05) is 0 Å². The smallest absolute Gasteiger partial charge is 0.0747 e. The van der Waals surface area contributed by atoms with Crippen LogP contribution in [0.5, 0.6) is 0 Å². The van der Waals surface area contributed by atoms with Gasteiger partial charge in [0.05, 0.1) is 5.52 Å². The Morgan fingerprint density at radius 2 is 2.33 bits per heavy atom. The minimum Gasteiger partial charge on any atom is -0.252 e. The first-order valence-electron chi connectivity index (χ1n) is 4.36. The predicted octanol–water partition coefficient (Wildman–Crippen LogP) is 2.24. The molecule has 1 nitrogen and oxygen atoms in total. The first kappa shape index (κ1) is 5.31. The Labute approximate surface area is 70.1 Å². The normalized spacial score (nSPS) is 21.8. The monoisotopic (exact) mass is 153 g/mol. The topological polar surface area (TPSA) is 12.9 Å². The van der Waals surface area contributed by atoms with Crippen LogP contribution in [0.1, 0.15) is 22.7 Å². The van der Waals surface area contributed by atoms with Crippen molar-refractivity contribution in [2.75, 3.05) is 0 Å². The minimum absolute atomic E-state index is 0.628. The first-order chi connectivity index (χ1) is 5.93. The van der Waals surface area contributed by atoms with Gasteiger partial charge in [-0.3, -0.25) is 4.98 Å². The molecule has 0 saturated carbocycles. The predicted molar refractivity (Wildman–Crippen MR) is 47.3 cm³/mol. The van der Waals surface area contributed by atoms with Crippen molar-refractivity contribution in [1.29, 1.82) is 0 Å². The molecule has 2 heterocycles. The number of pyridine rings is 1. The quantitative estimate of drug-likeness (QED) is 0.565. The van der Waals surface area contributed by atoms with Gasteiger partial charge in [-0.05, 0) is 23.6 Å². The van der Waals surface area contributed by atoms with Crippen molar-refractivity contribution in [3.05, 3.63) is 41.1 Å². The second-order valence-electron chi connectivity index (χ2n) is 3.71. The largest absolute Gasteiger partial charge is 0.252 e. The van der Waals surface area contributed by atoms with Gasteiger partial charge in [-0.15, -0.1) is 0 Å². The summed E-state index contributed by atoms with van der Waals surface area (Å²) in [6.07, 6.45) is 1.20. The minimum atomic E-state index is 0.628. The van der Waals surface area contributed by atoms with E-state index in [4.69, 9.17) is 0 Å². The molecule has 1 aromatic heterocycles. The Bertz CT molecular complexity index is 508. The lowest BCUT2D eigenvalue weighted by Crippen LogP contribution is -1.98. The molecule has 5 rings (SSSR count). The van der Waals surface area contributed by atoms with E-state index in [1.165, 1.54) is 34.1 Å². The summed E-state index contributed by atoms with van der Waals surface area (Å²) in [4.78, 5) is 4.60. The Hall–Kier alpha value is -1.37. The molecule has 0 saturated heterocycles. The van der Waals surface area contributed by atoms with Gasteiger partial charge >= 0.3 is 0 Å². The lowest BCUT2D eigenvalue weighted by Gasteiger charge is -2.11. The fourth-order valence-corrected chi connectivity index (χ4v) is 2.59. The van der Waals surface area contributed by atoms with Crippen molar-refractivity contribution in [2.24, 2.45) is 0 Å². The SMILES string of the molecule is c1cc2c3nc4cc(c3c1)CC42. The molecular weight excluding hydrogens is 146 g/mol. The van der Waals surface area contributed by atoms with E-state index in [-0.39, 0.29) is 0 Å². The summed E-state index contributed by atoms with van der Waals surface area (Å²) >= 11 is 0. The Morgan fingerprint density at radius 3 is 3.33 bits per heavy atom. The van der Waals surface area contributed by atoms with Crippen LogP contribution in [-0.2, 0) is 6.42 Å². The molecule has 0 spiro atoms. The second kappa shape index (κ2) is 1.40. The lowest BCUT2D eigenvalue weighted by molar-refractivity contribution is 0.856. The van der Waals surface area contributed by atoms with Gasteiger partial charge in [0.2, 0.25) is 0 Å². The third-order valence-electron chi connectivity index (χ3n) is 3.13. The average molecular weight is 153 g/mol. The highest BCUT2D eigenvalue weighted by Gasteiger charge is 2.32. The van der Waals surface area contributed by atoms with E-state index in [0.717, 1.165) is 0 Å². The van der Waals surface area contributed by atoms with Crippen LogP contribution >= 0.6 is 0 Å². The van der Waals surface area contributed by atoms with Gasteiger partial charge in [-0.1, -0.05) is 18.2 Å². The van der Waals surface area contributed by atoms with Gasteiger partial charge in [0.1, 0.15) is 0 Å². The Morgan fingerprint density at radius 1 is 1.33 bits per heavy atom. The van der Waals surface area contributed by atoms with E-state index in [2.05, 4.69) is 29.2 Å². The molecule has 1 atom stereocenters. The molecule has 1 unspecified atom stereocenters. The summed E-state index contributed by atoms with van der Waals surface area (Å²) in [5.74, 6) is 0.628. The summed E-state index contributed by atoms with van der Waals surface area (Å²) in [7, 11) is 0. The standard InChI is InChI=1S/C11H7N/c1-2-7-6-4-9-8(3-1)11(7)12-10(9)5-6/h1-3,5,9H,4H2. The summed E-state index contributed by atoms with van der Waals surface area (Å²) in [5.41, 5.74) is 5.54. The molecule has 56 valence electrons. The first-order valence-corrected chi connectivity index (χ1v) is 4.36. The maximum Gasteiger partial charge on any atom is 0.0747 e. The van der Waals surface area contributed by atoms with Gasteiger partial charge in [0, 0.05) is 17.0 Å². The summed E-state index contributed by atoms with van der Waals surface area (Å²) in [5, 5.41) is 1.38. The zero-order valence-electron chi connectivity index (χ0n) is 6.54. The molecular formula is C11H7N. The molecule has 0 amide bonds. The van der Waals surface area contributed by atoms with Gasteiger partial charge in [-0.2, -0.15) is 0 Å². The highest BCUT2D eigenvalue weighted by atomic mass is 14.8. The van der Waals surface area contributed by atoms with Gasteiger partial charge in [0.25, 0.3) is 0 Å². The van der Waals surface area contributed by atoms with Crippen LogP contribution in [0.3, 0.4) is 0 Å². The maximum atomic E-state index is 4.60. The highest BCUT2D eigenvalue weighted by Crippen LogP contribution is 2.45. The number of para-hydroxylation sites is 1. The Kier molecular flexibility index (Phi) is 0.619. The van der Waals surface area contributed by atoms with Crippen molar-refractivity contribution < 1.29 is 0 Å². The number of aromatic nitrogens is 1. The van der Waals surface area contributed by atoms with Crippen molar-refractivity contribution in [1.82, 2.24) is 4.98 Å². The fourth-order valence-electron chi connectivity index (χ4n) is 2.59. The highest BCUT2D eigenvalue weighted by molar-refractivity contribution is 5.91. The molecule has 1 aromatic carbocycles. The summed E-state index contributed by atoms with van der Waals surface area (Å²) < 4.78 is 0. The lowest BCUT2D eigenvalue weighted by atomic mass is 9.91. The van der Waals surface area contributed by atoms with Crippen LogP contribution in [0.15, 0.2) is 24.3 Å². The molecule has 3 aliphatic rings. The number of nitrogens with zero attached hydrogens (tertiary/aromatic N) is 1. The van der Waals surface area contributed by atoms with Gasteiger partial charge in [-0.25, -0.2) is 0 Å². The fraction of sp³-hybridized carbons (Fsp3) is 0.182. The van der Waals surface area contributed by atoms with Crippen LogP contribution in [-0.4, -0.2) is 4.98 Å². The number of benzene rings is 1. The molecule has 6 bridgehead atoms. The van der Waals surface area contributed by atoms with E-state index in [0.29, 0.717) is 5.92 Å². The molecule has 0 N–H and O–H groups in total. The number of hydrogen-bond donors (Lipinski definition) is 0. The van der Waals surface area contributed by atoms with Crippen molar-refractivity contribution in [2.45, 2.75) is 12.3 Å². The van der Waals surface area contributed by atoms with Crippen LogP contribution in [0.4, 0.5) is 0 Å². The second-order valence-corrected chi connectivity index (χ2v) is 3.71. The number of hydrogen-bond acceptors (Lipinski definition) is 1. The molecule has 2 aliphatic carbocycles. The van der Waals surface area contributed by atoms with E-state index in [1.54, 1.807) is 0 Å². The maximum absolute atomic E-state index is 4.60. The molecule has 2 aromatic rings. The van der Waals surface area contributed by atoms with Crippen molar-refractivity contribution in [3.63, 3.8) is 0 Å². The average Bonchev–Trinajstić information content (AvgIpc) is 2.54. The molecule has 0 fully saturated rings.